The molecule has 8 rings (SSSR count). The van der Waals surface area contributed by atoms with E-state index in [1.807, 2.05) is 11.4 Å². The normalized spacial score (nSPS) is 13.9. The number of thiophene rings is 2. The number of hydrogen-bond acceptors (Lipinski definition) is 6. The number of halogens is 6. The summed E-state index contributed by atoms with van der Waals surface area (Å²) in [5.41, 5.74) is 5.71. The molecule has 1 N–H and O–H groups in total. The van der Waals surface area contributed by atoms with E-state index in [9.17, 15) is 13.0 Å². The van der Waals surface area contributed by atoms with Gasteiger partial charge in [0, 0.05) is 34.0 Å². The van der Waals surface area contributed by atoms with Gasteiger partial charge in [0.05, 0.1) is 42.6 Å². The monoisotopic (exact) mass is 820 g/mol. The summed E-state index contributed by atoms with van der Waals surface area (Å²) in [6.07, 6.45) is 4.68. The van der Waals surface area contributed by atoms with Crippen molar-refractivity contribution < 1.29 is 21.8 Å². The van der Waals surface area contributed by atoms with Crippen molar-refractivity contribution in [3.63, 3.8) is 0 Å². The number of rotatable bonds is 9. The van der Waals surface area contributed by atoms with Crippen molar-refractivity contribution >= 4 is 90.8 Å². The average Bonchev–Trinajstić information content (AvgIpc) is 3.89. The molecule has 2 aliphatic carbocycles. The van der Waals surface area contributed by atoms with Crippen LogP contribution in [0.3, 0.4) is 0 Å². The number of hydrogen-bond donors (Lipinski definition) is 1. The lowest BCUT2D eigenvalue weighted by molar-refractivity contribution is 0.485. The van der Waals surface area contributed by atoms with E-state index in [2.05, 4.69) is 10.2 Å². The molecule has 0 radical (unpaired) electrons. The Morgan fingerprint density at radius 1 is 0.784 bits per heavy atom. The van der Waals surface area contributed by atoms with Crippen LogP contribution >= 0.6 is 69.1 Å². The number of aromatic nitrogens is 4. The van der Waals surface area contributed by atoms with Crippen LogP contribution in [0, 0.1) is 0 Å². The molecule has 0 fully saturated rings. The van der Waals surface area contributed by atoms with Crippen LogP contribution in [0.15, 0.2) is 70.3 Å². The SMILES string of the molecule is O=S(=O)(O)c1cc2c(s1)-c1c(c(/C(F)=C/CCC/C=C(\F)c3nn(-c4ccc(Cl)cc4Cl)c4c3Cc3ccsc3-4)nn1-c1ccc(Cl)cc1Cl)C2. The smallest absolute Gasteiger partial charge is 0.281 e. The number of allylic oxidation sites excluding steroid dienone is 2. The largest absolute Gasteiger partial charge is 0.304 e. The Morgan fingerprint density at radius 2 is 1.31 bits per heavy atom. The van der Waals surface area contributed by atoms with Crippen LogP contribution in [-0.2, 0) is 23.0 Å². The first-order valence-electron chi connectivity index (χ1n) is 15.4. The van der Waals surface area contributed by atoms with E-state index in [-0.39, 0.29) is 33.5 Å². The van der Waals surface area contributed by atoms with Crippen LogP contribution in [0.1, 0.15) is 52.9 Å². The molecule has 0 aliphatic heterocycles. The first kappa shape index (κ1) is 34.7. The fourth-order valence-corrected chi connectivity index (χ4v) is 10.3. The quantitative estimate of drug-likeness (QED) is 0.116. The highest BCUT2D eigenvalue weighted by atomic mass is 35.5. The second-order valence-electron chi connectivity index (χ2n) is 11.9. The summed E-state index contributed by atoms with van der Waals surface area (Å²) in [5.74, 6) is -1.05. The molecule has 4 aromatic heterocycles. The van der Waals surface area contributed by atoms with Crippen LogP contribution in [0.5, 0.6) is 0 Å². The van der Waals surface area contributed by atoms with E-state index in [4.69, 9.17) is 46.4 Å². The van der Waals surface area contributed by atoms with Crippen molar-refractivity contribution in [1.82, 2.24) is 19.6 Å². The summed E-state index contributed by atoms with van der Waals surface area (Å²) < 4.78 is 68.0. The maximum Gasteiger partial charge on any atom is 0.304 e. The second kappa shape index (κ2) is 13.3. The van der Waals surface area contributed by atoms with Gasteiger partial charge in [-0.3, -0.25) is 4.55 Å². The van der Waals surface area contributed by atoms with E-state index in [1.165, 1.54) is 29.0 Å². The van der Waals surface area contributed by atoms with Crippen molar-refractivity contribution in [2.75, 3.05) is 0 Å². The Labute approximate surface area is 318 Å². The van der Waals surface area contributed by atoms with Gasteiger partial charge in [0.1, 0.15) is 27.3 Å². The summed E-state index contributed by atoms with van der Waals surface area (Å²) in [7, 11) is -4.44. The molecule has 51 heavy (non-hydrogen) atoms. The maximum absolute atomic E-state index is 15.9. The number of benzene rings is 2. The van der Waals surface area contributed by atoms with Crippen LogP contribution in [0.2, 0.25) is 20.1 Å². The predicted octanol–water partition coefficient (Wildman–Crippen LogP) is 11.7. The topological polar surface area (TPSA) is 90.0 Å². The molecule has 0 saturated carbocycles. The predicted molar refractivity (Wildman–Crippen MR) is 201 cm³/mol. The summed E-state index contributed by atoms with van der Waals surface area (Å²) >= 11 is 27.7. The lowest BCUT2D eigenvalue weighted by atomic mass is 10.1. The standard InChI is InChI=1S/C35H22Cl4F2N4O3S3/c36-19-6-8-27(23(38)15-19)44-32-21(12-17-10-11-49-34(17)32)30(42-44)25(40)4-2-1-3-5-26(41)31-22-13-18-14-29(51(46,47)48)50-35(18)33(22)45(43-31)28-9-7-20(37)16-24(28)39/h4-11,14-16H,1-3,12-13H2,(H,46,47,48)/b25-4-,26-5-. The molecule has 0 amide bonds. The Hall–Kier alpha value is -3.33. The van der Waals surface area contributed by atoms with Gasteiger partial charge in [0.15, 0.2) is 0 Å². The van der Waals surface area contributed by atoms with E-state index >= 15 is 8.78 Å². The Kier molecular flexibility index (Phi) is 9.03. The molecule has 4 heterocycles. The molecule has 6 aromatic rings. The van der Waals surface area contributed by atoms with E-state index in [0.29, 0.717) is 67.4 Å². The molecular formula is C35H22Cl4F2N4O3S3. The molecule has 0 bridgehead atoms. The molecule has 16 heteroatoms. The van der Waals surface area contributed by atoms with Gasteiger partial charge in [-0.25, -0.2) is 18.1 Å². The summed E-state index contributed by atoms with van der Waals surface area (Å²) in [5, 5.41) is 12.7. The van der Waals surface area contributed by atoms with Gasteiger partial charge < -0.3 is 0 Å². The minimum atomic E-state index is -4.44. The van der Waals surface area contributed by atoms with Gasteiger partial charge in [0.2, 0.25) is 0 Å². The molecule has 260 valence electrons. The summed E-state index contributed by atoms with van der Waals surface area (Å²) in [4.78, 5) is 1.56. The molecule has 2 aliphatic rings. The lowest BCUT2D eigenvalue weighted by Crippen LogP contribution is -2.00. The van der Waals surface area contributed by atoms with Gasteiger partial charge in [0.25, 0.3) is 0 Å². The minimum absolute atomic E-state index is 0.0870. The van der Waals surface area contributed by atoms with Crippen molar-refractivity contribution in [2.24, 2.45) is 0 Å². The third kappa shape index (κ3) is 6.19. The third-order valence-electron chi connectivity index (χ3n) is 8.70. The highest BCUT2D eigenvalue weighted by Gasteiger charge is 2.34. The molecular weight excluding hydrogens is 800 g/mol. The zero-order valence-electron chi connectivity index (χ0n) is 25.9. The third-order valence-corrected chi connectivity index (χ3v) is 13.2. The Bertz CT molecular complexity index is 2590. The zero-order chi connectivity index (χ0) is 35.8. The number of unbranched alkanes of at least 4 members (excludes halogenated alkanes) is 2. The Morgan fingerprint density at radius 3 is 1.84 bits per heavy atom. The maximum atomic E-state index is 15.9. The van der Waals surface area contributed by atoms with Crippen LogP contribution in [-0.4, -0.2) is 32.5 Å². The number of fused-ring (bicyclic) bond motifs is 6. The Balaban J connectivity index is 1.05. The van der Waals surface area contributed by atoms with E-state index in [0.717, 1.165) is 33.0 Å². The van der Waals surface area contributed by atoms with Gasteiger partial charge >= 0.3 is 10.1 Å². The molecule has 0 unspecified atom stereocenters. The van der Waals surface area contributed by atoms with Gasteiger partial charge in [-0.05, 0) is 96.5 Å². The van der Waals surface area contributed by atoms with Crippen LogP contribution in [0.4, 0.5) is 8.78 Å². The van der Waals surface area contributed by atoms with Crippen molar-refractivity contribution in [1.29, 1.82) is 0 Å². The molecule has 0 saturated heterocycles. The van der Waals surface area contributed by atoms with Crippen LogP contribution in [0.25, 0.3) is 44.2 Å². The second-order valence-corrected chi connectivity index (χ2v) is 17.2. The van der Waals surface area contributed by atoms with Crippen LogP contribution < -0.4 is 0 Å². The first-order chi connectivity index (χ1) is 24.4. The van der Waals surface area contributed by atoms with E-state index < -0.39 is 21.8 Å². The molecule has 2 aromatic carbocycles. The lowest BCUT2D eigenvalue weighted by Gasteiger charge is -2.08. The first-order valence-corrected chi connectivity index (χ1v) is 20.1. The average molecular weight is 823 g/mol. The van der Waals surface area contributed by atoms with Gasteiger partial charge in [-0.2, -0.15) is 18.6 Å². The highest BCUT2D eigenvalue weighted by Crippen LogP contribution is 2.48. The zero-order valence-corrected chi connectivity index (χ0v) is 31.4. The van der Waals surface area contributed by atoms with E-state index in [1.54, 1.807) is 46.4 Å². The van der Waals surface area contributed by atoms with Crippen molar-refractivity contribution in [2.45, 2.75) is 36.3 Å². The minimum Gasteiger partial charge on any atom is -0.281 e. The molecule has 0 spiro atoms. The van der Waals surface area contributed by atoms with Crippen molar-refractivity contribution in [3.05, 3.63) is 120 Å². The highest BCUT2D eigenvalue weighted by molar-refractivity contribution is 7.88. The molecule has 0 atom stereocenters. The fourth-order valence-electron chi connectivity index (χ4n) is 6.44. The molecule has 7 nitrogen and oxygen atoms in total. The summed E-state index contributed by atoms with van der Waals surface area (Å²) in [6, 6.07) is 13.3. The van der Waals surface area contributed by atoms with Gasteiger partial charge in [-0.1, -0.05) is 46.4 Å². The van der Waals surface area contributed by atoms with Gasteiger partial charge in [-0.15, -0.1) is 22.7 Å². The fraction of sp³-hybridized carbons (Fsp3) is 0.143. The number of nitrogens with zero attached hydrogens (tertiary/aromatic N) is 4. The summed E-state index contributed by atoms with van der Waals surface area (Å²) in [6.45, 7) is 0. The van der Waals surface area contributed by atoms with Crippen molar-refractivity contribution in [3.8, 4) is 32.5 Å².